The Morgan fingerprint density at radius 3 is 2.77 bits per heavy atom. The molecule has 0 aliphatic rings. The fourth-order valence-corrected chi connectivity index (χ4v) is 1.89. The Kier molecular flexibility index (Phi) is 6.88. The Morgan fingerprint density at radius 2 is 2.18 bits per heavy atom. The van der Waals surface area contributed by atoms with Crippen molar-refractivity contribution in [2.45, 2.75) is 13.0 Å². The van der Waals surface area contributed by atoms with E-state index >= 15 is 0 Å². The molecule has 0 spiro atoms. The number of nitrogens with one attached hydrogen (secondary N) is 1. The minimum atomic E-state index is -0.413. The van der Waals surface area contributed by atoms with Gasteiger partial charge in [0, 0.05) is 6.54 Å². The number of nitrogens with two attached hydrogens (primary N) is 1. The van der Waals surface area contributed by atoms with Gasteiger partial charge in [-0.15, -0.1) is 12.4 Å². The lowest BCUT2D eigenvalue weighted by Crippen LogP contribution is -2.25. The summed E-state index contributed by atoms with van der Waals surface area (Å²) in [6.45, 7) is 0.645. The molecule has 1 aromatic heterocycles. The summed E-state index contributed by atoms with van der Waals surface area (Å²) >= 11 is 0. The van der Waals surface area contributed by atoms with Crippen LogP contribution >= 0.6 is 12.4 Å². The van der Waals surface area contributed by atoms with Crippen molar-refractivity contribution in [2.24, 2.45) is 5.73 Å². The molecule has 120 valence electrons. The topological polar surface area (TPSA) is 77.5 Å². The number of ether oxygens (including phenoxy) is 1. The zero-order valence-electron chi connectivity index (χ0n) is 12.1. The normalized spacial score (nSPS) is 9.95. The van der Waals surface area contributed by atoms with E-state index in [1.807, 2.05) is 0 Å². The number of hydrogen-bond acceptors (Lipinski definition) is 4. The number of carbonyl (C=O) groups is 1. The lowest BCUT2D eigenvalue weighted by molar-refractivity contribution is 0.0953. The van der Waals surface area contributed by atoms with Gasteiger partial charge in [0.05, 0.1) is 19.2 Å². The fraction of sp³-hybridized carbons (Fsp3) is 0.267. The summed E-state index contributed by atoms with van der Waals surface area (Å²) in [4.78, 5) is 11.8. The highest BCUT2D eigenvalue weighted by atomic mass is 35.5. The van der Waals surface area contributed by atoms with Crippen molar-refractivity contribution in [3.05, 3.63) is 53.2 Å². The molecule has 2 rings (SSSR count). The van der Waals surface area contributed by atoms with Gasteiger partial charge in [0.15, 0.2) is 11.6 Å². The van der Waals surface area contributed by atoms with Crippen LogP contribution in [0.2, 0.25) is 0 Å². The van der Waals surface area contributed by atoms with Crippen LogP contribution in [0.3, 0.4) is 0 Å². The van der Waals surface area contributed by atoms with Crippen molar-refractivity contribution >= 4 is 18.3 Å². The van der Waals surface area contributed by atoms with Crippen LogP contribution in [0.15, 0.2) is 34.9 Å². The van der Waals surface area contributed by atoms with E-state index < -0.39 is 5.82 Å². The number of halogens is 2. The van der Waals surface area contributed by atoms with Gasteiger partial charge in [-0.1, -0.05) is 6.07 Å². The molecule has 5 nitrogen and oxygen atoms in total. The molecule has 3 N–H and O–H groups in total. The summed E-state index contributed by atoms with van der Waals surface area (Å²) in [5.74, 6) is 0.101. The lowest BCUT2D eigenvalue weighted by atomic mass is 10.1. The summed E-state index contributed by atoms with van der Waals surface area (Å²) < 4.78 is 23.4. The molecule has 0 saturated heterocycles. The van der Waals surface area contributed by atoms with Gasteiger partial charge in [0.2, 0.25) is 0 Å². The van der Waals surface area contributed by atoms with Crippen LogP contribution < -0.4 is 15.8 Å². The Labute approximate surface area is 134 Å². The Hall–Kier alpha value is -2.05. The molecule has 1 amide bonds. The molecule has 22 heavy (non-hydrogen) atoms. The summed E-state index contributed by atoms with van der Waals surface area (Å²) in [6.07, 6.45) is 1.89. The monoisotopic (exact) mass is 328 g/mol. The van der Waals surface area contributed by atoms with E-state index in [1.165, 1.54) is 19.4 Å². The van der Waals surface area contributed by atoms with Gasteiger partial charge in [-0.3, -0.25) is 4.79 Å². The van der Waals surface area contributed by atoms with Crippen molar-refractivity contribution < 1.29 is 18.3 Å². The smallest absolute Gasteiger partial charge is 0.254 e. The number of furan rings is 1. The molecule has 2 aromatic rings. The minimum absolute atomic E-state index is 0. The van der Waals surface area contributed by atoms with Gasteiger partial charge >= 0.3 is 0 Å². The first-order valence-corrected chi connectivity index (χ1v) is 6.52. The second-order valence-corrected chi connectivity index (χ2v) is 4.48. The number of carbonyl (C=O) groups excluding carboxylic acids is 1. The van der Waals surface area contributed by atoms with E-state index in [1.54, 1.807) is 18.2 Å². The lowest BCUT2D eigenvalue weighted by Gasteiger charge is -2.06. The van der Waals surface area contributed by atoms with Crippen LogP contribution in [0, 0.1) is 5.82 Å². The maximum absolute atomic E-state index is 13.5. The van der Waals surface area contributed by atoms with Gasteiger partial charge in [-0.25, -0.2) is 4.39 Å². The molecule has 0 saturated carbocycles. The quantitative estimate of drug-likeness (QED) is 0.853. The molecule has 1 heterocycles. The summed E-state index contributed by atoms with van der Waals surface area (Å²) in [7, 11) is 1.42. The van der Waals surface area contributed by atoms with Crippen LogP contribution in [0.4, 0.5) is 4.39 Å². The third kappa shape index (κ3) is 4.47. The number of hydrogen-bond donors (Lipinski definition) is 2. The molecule has 7 heteroatoms. The molecule has 0 aliphatic heterocycles. The number of benzene rings is 1. The highest BCUT2D eigenvalue weighted by Crippen LogP contribution is 2.17. The van der Waals surface area contributed by atoms with Crippen molar-refractivity contribution in [1.29, 1.82) is 0 Å². The first-order valence-electron chi connectivity index (χ1n) is 6.52. The second-order valence-electron chi connectivity index (χ2n) is 4.48. The van der Waals surface area contributed by atoms with Gasteiger partial charge in [-0.2, -0.15) is 0 Å². The summed E-state index contributed by atoms with van der Waals surface area (Å²) in [6, 6.07) is 6.33. The fourth-order valence-electron chi connectivity index (χ4n) is 1.89. The molecular formula is C15H18ClFN2O3. The minimum Gasteiger partial charge on any atom is -0.494 e. The van der Waals surface area contributed by atoms with E-state index in [4.69, 9.17) is 14.9 Å². The first kappa shape index (κ1) is 18.0. The third-order valence-electron chi connectivity index (χ3n) is 3.03. The van der Waals surface area contributed by atoms with Gasteiger partial charge in [-0.05, 0) is 30.2 Å². The molecule has 0 bridgehead atoms. The van der Waals surface area contributed by atoms with Crippen LogP contribution in [0.1, 0.15) is 21.7 Å². The third-order valence-corrected chi connectivity index (χ3v) is 3.03. The molecule has 0 radical (unpaired) electrons. The number of rotatable bonds is 6. The van der Waals surface area contributed by atoms with Crippen molar-refractivity contribution in [3.63, 3.8) is 0 Å². The van der Waals surface area contributed by atoms with E-state index in [2.05, 4.69) is 5.32 Å². The Balaban J connectivity index is 0.00000242. The average molecular weight is 329 g/mol. The van der Waals surface area contributed by atoms with E-state index in [9.17, 15) is 9.18 Å². The highest BCUT2D eigenvalue weighted by molar-refractivity contribution is 5.93. The first-order chi connectivity index (χ1) is 10.1. The highest BCUT2D eigenvalue weighted by Gasteiger charge is 2.09. The van der Waals surface area contributed by atoms with Crippen molar-refractivity contribution in [2.75, 3.05) is 13.7 Å². The van der Waals surface area contributed by atoms with Crippen molar-refractivity contribution in [3.8, 4) is 5.75 Å². The van der Waals surface area contributed by atoms with Gasteiger partial charge < -0.3 is 20.2 Å². The SMILES string of the molecule is COc1ccc(CCNC(=O)c2coc(CN)c2)cc1F.Cl. The Morgan fingerprint density at radius 1 is 1.41 bits per heavy atom. The van der Waals surface area contributed by atoms with Crippen molar-refractivity contribution in [1.82, 2.24) is 5.32 Å². The predicted octanol–water partition coefficient (Wildman–Crippen LogP) is 2.28. The van der Waals surface area contributed by atoms with Crippen LogP contribution in [0.5, 0.6) is 5.75 Å². The maximum atomic E-state index is 13.5. The molecule has 0 aliphatic carbocycles. The molecule has 0 fully saturated rings. The number of amides is 1. The zero-order valence-corrected chi connectivity index (χ0v) is 12.9. The van der Waals surface area contributed by atoms with Gasteiger partial charge in [0.1, 0.15) is 12.0 Å². The predicted molar refractivity (Wildman–Crippen MR) is 82.8 cm³/mol. The average Bonchev–Trinajstić information content (AvgIpc) is 2.96. The van der Waals surface area contributed by atoms with E-state index in [-0.39, 0.29) is 30.6 Å². The van der Waals surface area contributed by atoms with E-state index in [0.29, 0.717) is 24.3 Å². The maximum Gasteiger partial charge on any atom is 0.254 e. The second kappa shape index (κ2) is 8.41. The zero-order chi connectivity index (χ0) is 15.2. The summed E-state index contributed by atoms with van der Waals surface area (Å²) in [5.41, 5.74) is 6.61. The largest absolute Gasteiger partial charge is 0.494 e. The van der Waals surface area contributed by atoms with Crippen LogP contribution in [0.25, 0.3) is 0 Å². The Bertz CT molecular complexity index is 631. The molecule has 0 atom stereocenters. The molecule has 0 unspecified atom stereocenters. The van der Waals surface area contributed by atoms with Crippen LogP contribution in [-0.2, 0) is 13.0 Å². The van der Waals surface area contributed by atoms with Gasteiger partial charge in [0.25, 0.3) is 5.91 Å². The molecule has 1 aromatic carbocycles. The standard InChI is InChI=1S/C15H17FN2O3.ClH/c1-20-14-3-2-10(6-13(14)16)4-5-18-15(19)11-7-12(8-17)21-9-11;/h2-3,6-7,9H,4-5,8,17H2,1H3,(H,18,19);1H. The van der Waals surface area contributed by atoms with Crippen LogP contribution in [-0.4, -0.2) is 19.6 Å². The summed E-state index contributed by atoms with van der Waals surface area (Å²) in [5, 5.41) is 2.74. The number of methoxy groups -OCH3 is 1. The molecular weight excluding hydrogens is 311 g/mol. The van der Waals surface area contributed by atoms with E-state index in [0.717, 1.165) is 5.56 Å².